The van der Waals surface area contributed by atoms with Gasteiger partial charge in [-0.1, -0.05) is 12.1 Å². The topological polar surface area (TPSA) is 46.9 Å². The number of hydrogen-bond acceptors (Lipinski definition) is 3. The number of nitrogens with zero attached hydrogens (tertiary/aromatic N) is 2. The molecule has 1 heterocycles. The molecule has 1 aromatic carbocycles. The third-order valence-electron chi connectivity index (χ3n) is 2.32. The summed E-state index contributed by atoms with van der Waals surface area (Å²) in [5.74, 6) is 0.612. The summed E-state index contributed by atoms with van der Waals surface area (Å²) < 4.78 is 1.53. The average Bonchev–Trinajstić information content (AvgIpc) is 2.26. The molecule has 0 spiro atoms. The summed E-state index contributed by atoms with van der Waals surface area (Å²) in [6, 6.07) is 7.36. The number of aromatic nitrogens is 2. The number of para-hydroxylation sites is 1. The van der Waals surface area contributed by atoms with E-state index in [0.717, 1.165) is 12.1 Å². The van der Waals surface area contributed by atoms with E-state index in [1.54, 1.807) is 13.1 Å². The van der Waals surface area contributed by atoms with Gasteiger partial charge in [-0.3, -0.25) is 9.36 Å². The summed E-state index contributed by atoms with van der Waals surface area (Å²) in [6.45, 7) is 2.72. The molecule has 0 aliphatic rings. The van der Waals surface area contributed by atoms with Gasteiger partial charge < -0.3 is 5.32 Å². The number of benzene rings is 1. The Morgan fingerprint density at radius 2 is 2.13 bits per heavy atom. The number of rotatable bonds is 2. The van der Waals surface area contributed by atoms with Crippen LogP contribution < -0.4 is 10.9 Å². The van der Waals surface area contributed by atoms with Crippen LogP contribution in [0.25, 0.3) is 10.9 Å². The molecule has 2 aromatic rings. The molecule has 0 bridgehead atoms. The Morgan fingerprint density at radius 3 is 2.87 bits per heavy atom. The lowest BCUT2D eigenvalue weighted by Gasteiger charge is -2.09. The highest BCUT2D eigenvalue weighted by molar-refractivity contribution is 5.78. The van der Waals surface area contributed by atoms with Crippen LogP contribution in [0.15, 0.2) is 29.1 Å². The van der Waals surface area contributed by atoms with E-state index in [-0.39, 0.29) is 5.56 Å². The third-order valence-corrected chi connectivity index (χ3v) is 2.32. The largest absolute Gasteiger partial charge is 0.356 e. The van der Waals surface area contributed by atoms with Crippen molar-refractivity contribution >= 4 is 16.9 Å². The van der Waals surface area contributed by atoms with Gasteiger partial charge in [-0.15, -0.1) is 0 Å². The van der Waals surface area contributed by atoms with Gasteiger partial charge in [-0.25, -0.2) is 4.98 Å². The van der Waals surface area contributed by atoms with Crippen molar-refractivity contribution in [2.75, 3.05) is 11.9 Å². The minimum absolute atomic E-state index is 0.0171. The van der Waals surface area contributed by atoms with E-state index in [4.69, 9.17) is 0 Å². The summed E-state index contributed by atoms with van der Waals surface area (Å²) in [5, 5.41) is 3.71. The van der Waals surface area contributed by atoms with Gasteiger partial charge in [0.2, 0.25) is 5.95 Å². The van der Waals surface area contributed by atoms with Crippen molar-refractivity contribution in [2.24, 2.45) is 7.05 Å². The van der Waals surface area contributed by atoms with Gasteiger partial charge in [0.15, 0.2) is 0 Å². The molecular weight excluding hydrogens is 190 g/mol. The van der Waals surface area contributed by atoms with Crippen molar-refractivity contribution in [3.8, 4) is 0 Å². The second-order valence-electron chi connectivity index (χ2n) is 3.35. The molecule has 1 N–H and O–H groups in total. The lowest BCUT2D eigenvalue weighted by atomic mass is 10.2. The molecule has 0 aliphatic carbocycles. The molecule has 0 unspecified atom stereocenters. The summed E-state index contributed by atoms with van der Waals surface area (Å²) in [5.41, 5.74) is 0.716. The van der Waals surface area contributed by atoms with Crippen molar-refractivity contribution in [1.29, 1.82) is 0 Å². The molecule has 0 amide bonds. The quantitative estimate of drug-likeness (QED) is 0.801. The van der Waals surface area contributed by atoms with E-state index >= 15 is 0 Å². The molecule has 0 aliphatic heterocycles. The minimum atomic E-state index is -0.0171. The molecule has 4 nitrogen and oxygen atoms in total. The van der Waals surface area contributed by atoms with Gasteiger partial charge in [0.05, 0.1) is 10.9 Å². The van der Waals surface area contributed by atoms with Crippen LogP contribution in [-0.2, 0) is 7.05 Å². The van der Waals surface area contributed by atoms with Crippen LogP contribution in [0.5, 0.6) is 0 Å². The lowest BCUT2D eigenvalue weighted by Crippen LogP contribution is -2.22. The van der Waals surface area contributed by atoms with Gasteiger partial charge >= 0.3 is 0 Å². The van der Waals surface area contributed by atoms with E-state index in [1.807, 2.05) is 25.1 Å². The van der Waals surface area contributed by atoms with Crippen LogP contribution in [0.3, 0.4) is 0 Å². The Labute approximate surface area is 87.6 Å². The van der Waals surface area contributed by atoms with E-state index < -0.39 is 0 Å². The first-order chi connectivity index (χ1) is 7.24. The molecular formula is C11H13N3O. The van der Waals surface area contributed by atoms with Crippen LogP contribution in [0.4, 0.5) is 5.95 Å². The molecule has 0 fully saturated rings. The van der Waals surface area contributed by atoms with E-state index in [1.165, 1.54) is 4.57 Å². The normalized spacial score (nSPS) is 10.5. The Morgan fingerprint density at radius 1 is 1.40 bits per heavy atom. The first-order valence-corrected chi connectivity index (χ1v) is 4.93. The predicted octanol–water partition coefficient (Wildman–Crippen LogP) is 1.37. The smallest absolute Gasteiger partial charge is 0.262 e. The second kappa shape index (κ2) is 3.73. The fourth-order valence-corrected chi connectivity index (χ4v) is 1.53. The van der Waals surface area contributed by atoms with Crippen LogP contribution in [-0.4, -0.2) is 16.1 Å². The number of hydrogen-bond donors (Lipinski definition) is 1. The average molecular weight is 203 g/mol. The predicted molar refractivity (Wildman–Crippen MR) is 61.1 cm³/mol. The van der Waals surface area contributed by atoms with Crippen LogP contribution in [0.1, 0.15) is 6.92 Å². The zero-order valence-corrected chi connectivity index (χ0v) is 8.82. The Bertz CT molecular complexity index is 545. The molecule has 4 heteroatoms. The highest BCUT2D eigenvalue weighted by Crippen LogP contribution is 2.09. The van der Waals surface area contributed by atoms with Crippen molar-refractivity contribution in [3.63, 3.8) is 0 Å². The van der Waals surface area contributed by atoms with Crippen LogP contribution in [0, 0.1) is 0 Å². The molecule has 0 radical (unpaired) electrons. The zero-order valence-electron chi connectivity index (χ0n) is 8.82. The molecule has 15 heavy (non-hydrogen) atoms. The molecule has 0 saturated carbocycles. The van der Waals surface area contributed by atoms with Gasteiger partial charge in [0, 0.05) is 13.6 Å². The lowest BCUT2D eigenvalue weighted by molar-refractivity contribution is 0.843. The molecule has 0 atom stereocenters. The van der Waals surface area contributed by atoms with Gasteiger partial charge in [-0.2, -0.15) is 0 Å². The maximum absolute atomic E-state index is 11.9. The van der Waals surface area contributed by atoms with Gasteiger partial charge in [0.1, 0.15) is 0 Å². The van der Waals surface area contributed by atoms with Crippen LogP contribution >= 0.6 is 0 Å². The highest BCUT2D eigenvalue weighted by Gasteiger charge is 2.05. The van der Waals surface area contributed by atoms with Gasteiger partial charge in [0.25, 0.3) is 5.56 Å². The summed E-state index contributed by atoms with van der Waals surface area (Å²) in [4.78, 5) is 16.3. The number of nitrogens with one attached hydrogen (secondary N) is 1. The monoisotopic (exact) mass is 203 g/mol. The molecule has 0 saturated heterocycles. The number of anilines is 1. The standard InChI is InChI=1S/C11H13N3O/c1-3-12-11-13-9-7-5-4-6-8(9)10(15)14(11)2/h4-7H,3H2,1-2H3,(H,12,13). The molecule has 2 rings (SSSR count). The number of fused-ring (bicyclic) bond motifs is 1. The first-order valence-electron chi connectivity index (χ1n) is 4.93. The van der Waals surface area contributed by atoms with E-state index in [9.17, 15) is 4.79 Å². The van der Waals surface area contributed by atoms with E-state index in [2.05, 4.69) is 10.3 Å². The van der Waals surface area contributed by atoms with Gasteiger partial charge in [-0.05, 0) is 19.1 Å². The van der Waals surface area contributed by atoms with Crippen molar-refractivity contribution in [1.82, 2.24) is 9.55 Å². The zero-order chi connectivity index (χ0) is 10.8. The van der Waals surface area contributed by atoms with Crippen molar-refractivity contribution in [3.05, 3.63) is 34.6 Å². The summed E-state index contributed by atoms with van der Waals surface area (Å²) >= 11 is 0. The van der Waals surface area contributed by atoms with Crippen molar-refractivity contribution in [2.45, 2.75) is 6.92 Å². The molecule has 78 valence electrons. The van der Waals surface area contributed by atoms with E-state index in [0.29, 0.717) is 11.3 Å². The maximum Gasteiger partial charge on any atom is 0.262 e. The Hall–Kier alpha value is -1.84. The molecule has 1 aromatic heterocycles. The highest BCUT2D eigenvalue weighted by atomic mass is 16.1. The third kappa shape index (κ3) is 1.58. The maximum atomic E-state index is 11.9. The fraction of sp³-hybridized carbons (Fsp3) is 0.273. The van der Waals surface area contributed by atoms with Crippen LogP contribution in [0.2, 0.25) is 0 Å². The second-order valence-corrected chi connectivity index (χ2v) is 3.35. The Balaban J connectivity index is 2.77. The Kier molecular flexibility index (Phi) is 2.41. The van der Waals surface area contributed by atoms with Crippen molar-refractivity contribution < 1.29 is 0 Å². The minimum Gasteiger partial charge on any atom is -0.356 e. The summed E-state index contributed by atoms with van der Waals surface area (Å²) in [7, 11) is 1.72. The first kappa shape index (κ1) is 9.71. The SMILES string of the molecule is CCNc1nc2ccccc2c(=O)n1C. The summed E-state index contributed by atoms with van der Waals surface area (Å²) in [6.07, 6.45) is 0. The fourth-order valence-electron chi connectivity index (χ4n) is 1.53.